The SMILES string of the molecule is COC(CN1c2ccccc2NCC1C)OC. The zero-order valence-electron chi connectivity index (χ0n) is 10.6. The largest absolute Gasteiger partial charge is 0.381 e. The Morgan fingerprint density at radius 3 is 2.76 bits per heavy atom. The van der Waals surface area contributed by atoms with Crippen molar-refractivity contribution in [2.75, 3.05) is 37.5 Å². The molecular formula is C13H20N2O2. The Morgan fingerprint density at radius 1 is 1.35 bits per heavy atom. The number of nitrogens with zero attached hydrogens (tertiary/aromatic N) is 1. The van der Waals surface area contributed by atoms with Gasteiger partial charge < -0.3 is 19.7 Å². The molecule has 1 unspecified atom stereocenters. The Kier molecular flexibility index (Phi) is 3.86. The minimum Gasteiger partial charge on any atom is -0.381 e. The van der Waals surface area contributed by atoms with Crippen molar-refractivity contribution in [1.29, 1.82) is 0 Å². The molecule has 1 aromatic rings. The summed E-state index contributed by atoms with van der Waals surface area (Å²) in [6.07, 6.45) is -0.191. The summed E-state index contributed by atoms with van der Waals surface area (Å²) in [4.78, 5) is 2.32. The van der Waals surface area contributed by atoms with E-state index >= 15 is 0 Å². The molecule has 0 aromatic heterocycles. The van der Waals surface area contributed by atoms with Crippen molar-refractivity contribution >= 4 is 11.4 Å². The maximum Gasteiger partial charge on any atom is 0.174 e. The minimum atomic E-state index is -0.191. The van der Waals surface area contributed by atoms with E-state index in [2.05, 4.69) is 35.3 Å². The van der Waals surface area contributed by atoms with Crippen LogP contribution in [-0.2, 0) is 9.47 Å². The van der Waals surface area contributed by atoms with E-state index in [1.165, 1.54) is 11.4 Å². The third-order valence-electron chi connectivity index (χ3n) is 3.21. The van der Waals surface area contributed by atoms with Gasteiger partial charge in [-0.1, -0.05) is 12.1 Å². The van der Waals surface area contributed by atoms with Crippen LogP contribution in [0.2, 0.25) is 0 Å². The molecule has 17 heavy (non-hydrogen) atoms. The van der Waals surface area contributed by atoms with Crippen molar-refractivity contribution < 1.29 is 9.47 Å². The molecule has 1 heterocycles. The molecule has 0 saturated heterocycles. The van der Waals surface area contributed by atoms with Crippen LogP contribution in [0.25, 0.3) is 0 Å². The van der Waals surface area contributed by atoms with Crippen molar-refractivity contribution in [2.45, 2.75) is 19.3 Å². The van der Waals surface area contributed by atoms with Gasteiger partial charge in [0.25, 0.3) is 0 Å². The van der Waals surface area contributed by atoms with Gasteiger partial charge in [-0.3, -0.25) is 0 Å². The molecule has 0 bridgehead atoms. The number of fused-ring (bicyclic) bond motifs is 1. The Bertz CT molecular complexity index is 366. The van der Waals surface area contributed by atoms with Crippen LogP contribution in [0.5, 0.6) is 0 Å². The van der Waals surface area contributed by atoms with E-state index in [-0.39, 0.29) is 6.29 Å². The standard InChI is InChI=1S/C13H20N2O2/c1-10-8-14-11-6-4-5-7-12(11)15(10)9-13(16-2)17-3/h4-7,10,13-14H,8-9H2,1-3H3. The van der Waals surface area contributed by atoms with Crippen molar-refractivity contribution in [3.05, 3.63) is 24.3 Å². The van der Waals surface area contributed by atoms with E-state index in [0.29, 0.717) is 6.04 Å². The Hall–Kier alpha value is -1.26. The first-order valence-electron chi connectivity index (χ1n) is 5.91. The Labute approximate surface area is 103 Å². The van der Waals surface area contributed by atoms with Gasteiger partial charge in [0, 0.05) is 26.8 Å². The second-order valence-electron chi connectivity index (χ2n) is 4.30. The number of methoxy groups -OCH3 is 2. The summed E-state index contributed by atoms with van der Waals surface area (Å²) in [6, 6.07) is 8.76. The highest BCUT2D eigenvalue weighted by Gasteiger charge is 2.24. The van der Waals surface area contributed by atoms with Crippen LogP contribution in [0, 0.1) is 0 Å². The lowest BCUT2D eigenvalue weighted by atomic mass is 10.1. The van der Waals surface area contributed by atoms with Gasteiger partial charge >= 0.3 is 0 Å². The van der Waals surface area contributed by atoms with E-state index < -0.39 is 0 Å². The molecule has 2 rings (SSSR count). The number of anilines is 2. The maximum atomic E-state index is 5.28. The molecule has 1 aliphatic rings. The summed E-state index contributed by atoms with van der Waals surface area (Å²) in [6.45, 7) is 3.88. The minimum absolute atomic E-state index is 0.191. The van der Waals surface area contributed by atoms with Crippen LogP contribution >= 0.6 is 0 Å². The first kappa shape index (κ1) is 12.2. The predicted molar refractivity (Wildman–Crippen MR) is 69.5 cm³/mol. The van der Waals surface area contributed by atoms with Gasteiger partial charge in [-0.05, 0) is 19.1 Å². The maximum absolute atomic E-state index is 5.28. The molecule has 0 saturated carbocycles. The van der Waals surface area contributed by atoms with E-state index in [4.69, 9.17) is 9.47 Å². The number of benzene rings is 1. The summed E-state index contributed by atoms with van der Waals surface area (Å²) in [5.41, 5.74) is 2.39. The van der Waals surface area contributed by atoms with Crippen LogP contribution in [0.1, 0.15) is 6.92 Å². The molecule has 4 heteroatoms. The van der Waals surface area contributed by atoms with Gasteiger partial charge in [0.15, 0.2) is 6.29 Å². The highest BCUT2D eigenvalue weighted by Crippen LogP contribution is 2.31. The summed E-state index contributed by atoms with van der Waals surface area (Å²) in [5.74, 6) is 0. The third kappa shape index (κ3) is 2.53. The van der Waals surface area contributed by atoms with Crippen molar-refractivity contribution in [2.24, 2.45) is 0 Å². The quantitative estimate of drug-likeness (QED) is 0.810. The van der Waals surface area contributed by atoms with Crippen LogP contribution in [-0.4, -0.2) is 39.6 Å². The topological polar surface area (TPSA) is 33.7 Å². The van der Waals surface area contributed by atoms with Crippen LogP contribution in [0.15, 0.2) is 24.3 Å². The zero-order valence-corrected chi connectivity index (χ0v) is 10.6. The van der Waals surface area contributed by atoms with Gasteiger partial charge in [-0.15, -0.1) is 0 Å². The molecule has 1 aromatic carbocycles. The summed E-state index contributed by atoms with van der Waals surface area (Å²) < 4.78 is 10.6. The predicted octanol–water partition coefficient (Wildman–Crippen LogP) is 1.93. The number of nitrogens with one attached hydrogen (secondary N) is 1. The van der Waals surface area contributed by atoms with Gasteiger partial charge in [0.1, 0.15) is 0 Å². The molecule has 0 amide bonds. The van der Waals surface area contributed by atoms with E-state index in [1.54, 1.807) is 14.2 Å². The zero-order chi connectivity index (χ0) is 12.3. The van der Waals surface area contributed by atoms with Crippen LogP contribution in [0.3, 0.4) is 0 Å². The van der Waals surface area contributed by atoms with E-state index in [0.717, 1.165) is 13.1 Å². The molecule has 1 N–H and O–H groups in total. The second-order valence-corrected chi connectivity index (χ2v) is 4.30. The second kappa shape index (κ2) is 5.38. The van der Waals surface area contributed by atoms with E-state index in [9.17, 15) is 0 Å². The lowest BCUT2D eigenvalue weighted by Crippen LogP contribution is -2.46. The normalized spacial score (nSPS) is 19.1. The lowest BCUT2D eigenvalue weighted by molar-refractivity contribution is -0.0955. The number of hydrogen-bond acceptors (Lipinski definition) is 4. The van der Waals surface area contributed by atoms with Crippen molar-refractivity contribution in [3.8, 4) is 0 Å². The van der Waals surface area contributed by atoms with Gasteiger partial charge in [0.2, 0.25) is 0 Å². The van der Waals surface area contributed by atoms with Gasteiger partial charge in [-0.25, -0.2) is 0 Å². The molecule has 94 valence electrons. The molecular weight excluding hydrogens is 216 g/mol. The average molecular weight is 236 g/mol. The molecule has 4 nitrogen and oxygen atoms in total. The third-order valence-corrected chi connectivity index (χ3v) is 3.21. The number of ether oxygens (including phenoxy) is 2. The number of rotatable bonds is 4. The van der Waals surface area contributed by atoms with Crippen molar-refractivity contribution in [3.63, 3.8) is 0 Å². The van der Waals surface area contributed by atoms with Gasteiger partial charge in [0.05, 0.1) is 17.9 Å². The van der Waals surface area contributed by atoms with E-state index in [1.807, 2.05) is 6.07 Å². The van der Waals surface area contributed by atoms with Gasteiger partial charge in [-0.2, -0.15) is 0 Å². The summed E-state index contributed by atoms with van der Waals surface area (Å²) in [5, 5.41) is 3.43. The molecule has 1 aliphatic heterocycles. The fourth-order valence-electron chi connectivity index (χ4n) is 2.16. The highest BCUT2D eigenvalue weighted by molar-refractivity contribution is 5.72. The Balaban J connectivity index is 2.20. The highest BCUT2D eigenvalue weighted by atomic mass is 16.7. The summed E-state index contributed by atoms with van der Waals surface area (Å²) in [7, 11) is 3.35. The molecule has 0 radical (unpaired) electrons. The Morgan fingerprint density at radius 2 is 2.06 bits per heavy atom. The molecule has 0 fully saturated rings. The fraction of sp³-hybridized carbons (Fsp3) is 0.538. The first-order valence-corrected chi connectivity index (χ1v) is 5.91. The lowest BCUT2D eigenvalue weighted by Gasteiger charge is -2.39. The van der Waals surface area contributed by atoms with Crippen molar-refractivity contribution in [1.82, 2.24) is 0 Å². The van der Waals surface area contributed by atoms with Crippen LogP contribution < -0.4 is 10.2 Å². The fourth-order valence-corrected chi connectivity index (χ4v) is 2.16. The van der Waals surface area contributed by atoms with Crippen LogP contribution in [0.4, 0.5) is 11.4 Å². The average Bonchev–Trinajstić information content (AvgIpc) is 2.38. The molecule has 0 aliphatic carbocycles. The summed E-state index contributed by atoms with van der Waals surface area (Å²) >= 11 is 0. The molecule has 0 spiro atoms. The number of para-hydroxylation sites is 2. The smallest absolute Gasteiger partial charge is 0.174 e. The monoisotopic (exact) mass is 236 g/mol. The first-order chi connectivity index (χ1) is 8.26. The molecule has 1 atom stereocenters. The number of hydrogen-bond donors (Lipinski definition) is 1.